The van der Waals surface area contributed by atoms with E-state index in [1.807, 2.05) is 12.1 Å². The van der Waals surface area contributed by atoms with Crippen LogP contribution in [0.2, 0.25) is 5.02 Å². The van der Waals surface area contributed by atoms with Gasteiger partial charge in [-0.3, -0.25) is 14.3 Å². The van der Waals surface area contributed by atoms with Crippen LogP contribution < -0.4 is 24.8 Å². The molecule has 2 amide bonds. The lowest BCUT2D eigenvalue weighted by Crippen LogP contribution is -2.27. The van der Waals surface area contributed by atoms with Crippen LogP contribution in [-0.4, -0.2) is 47.3 Å². The number of nitrogens with one attached hydrogen (secondary N) is 3. The van der Waals surface area contributed by atoms with Gasteiger partial charge in [0.05, 0.1) is 42.3 Å². The minimum atomic E-state index is -3.54. The molecule has 11 heteroatoms. The number of anilines is 2. The second-order valence-electron chi connectivity index (χ2n) is 7.76. The molecule has 3 rings (SSSR count). The lowest BCUT2D eigenvalue weighted by Gasteiger charge is -2.13. The largest absolute Gasteiger partial charge is 0.493 e. The van der Waals surface area contributed by atoms with Crippen LogP contribution in [0.5, 0.6) is 11.5 Å². The highest BCUT2D eigenvalue weighted by Crippen LogP contribution is 2.28. The summed E-state index contributed by atoms with van der Waals surface area (Å²) in [6, 6.07) is 16.3. The molecule has 0 aliphatic rings. The Morgan fingerprint density at radius 1 is 0.889 bits per heavy atom. The average molecular weight is 532 g/mol. The predicted octanol–water partition coefficient (Wildman–Crippen LogP) is 3.95. The molecular weight excluding hydrogens is 506 g/mol. The highest BCUT2D eigenvalue weighted by molar-refractivity contribution is 7.92. The Bertz CT molecular complexity index is 1380. The van der Waals surface area contributed by atoms with Gasteiger partial charge in [-0.05, 0) is 54.4 Å². The first-order chi connectivity index (χ1) is 17.1. The van der Waals surface area contributed by atoms with Gasteiger partial charge in [-0.2, -0.15) is 0 Å². The van der Waals surface area contributed by atoms with Crippen LogP contribution in [0.1, 0.15) is 26.3 Å². The van der Waals surface area contributed by atoms with Crippen LogP contribution in [0.3, 0.4) is 0 Å². The molecule has 0 spiro atoms. The number of methoxy groups -OCH3 is 2. The molecule has 3 N–H and O–H groups in total. The number of amides is 2. The van der Waals surface area contributed by atoms with Crippen LogP contribution in [0, 0.1) is 0 Å². The number of carbonyl (C=O) groups is 2. The summed E-state index contributed by atoms with van der Waals surface area (Å²) in [5, 5.41) is 5.66. The Morgan fingerprint density at radius 2 is 1.61 bits per heavy atom. The summed E-state index contributed by atoms with van der Waals surface area (Å²) in [6.07, 6.45) is 1.55. The predicted molar refractivity (Wildman–Crippen MR) is 140 cm³/mol. The van der Waals surface area contributed by atoms with Crippen molar-refractivity contribution in [2.75, 3.05) is 37.1 Å². The highest BCUT2D eigenvalue weighted by Gasteiger charge is 2.17. The Kier molecular flexibility index (Phi) is 8.78. The van der Waals surface area contributed by atoms with Crippen molar-refractivity contribution in [3.63, 3.8) is 0 Å². The average Bonchev–Trinajstić information content (AvgIpc) is 2.84. The molecule has 9 nitrogen and oxygen atoms in total. The molecule has 0 aromatic heterocycles. The molecule has 0 aliphatic heterocycles. The van der Waals surface area contributed by atoms with Crippen molar-refractivity contribution in [1.29, 1.82) is 0 Å². The number of para-hydroxylation sites is 1. The summed E-state index contributed by atoms with van der Waals surface area (Å²) in [7, 11) is -0.420. The molecule has 0 aliphatic carbocycles. The van der Waals surface area contributed by atoms with E-state index in [0.29, 0.717) is 24.5 Å². The van der Waals surface area contributed by atoms with E-state index < -0.39 is 15.9 Å². The third kappa shape index (κ3) is 7.12. The van der Waals surface area contributed by atoms with Crippen molar-refractivity contribution in [2.24, 2.45) is 0 Å². The third-order valence-corrected chi connectivity index (χ3v) is 6.02. The smallest absolute Gasteiger partial charge is 0.257 e. The lowest BCUT2D eigenvalue weighted by molar-refractivity contribution is 0.0955. The zero-order valence-corrected chi connectivity index (χ0v) is 21.5. The van der Waals surface area contributed by atoms with E-state index in [0.717, 1.165) is 11.8 Å². The van der Waals surface area contributed by atoms with Gasteiger partial charge in [-0.15, -0.1) is 0 Å². The molecule has 0 saturated carbocycles. The fourth-order valence-corrected chi connectivity index (χ4v) is 4.17. The maximum atomic E-state index is 12.9. The summed E-state index contributed by atoms with van der Waals surface area (Å²) in [5.41, 5.74) is 1.73. The van der Waals surface area contributed by atoms with Gasteiger partial charge < -0.3 is 20.1 Å². The molecule has 0 bridgehead atoms. The first-order valence-electron chi connectivity index (χ1n) is 10.8. The van der Waals surface area contributed by atoms with Crippen LogP contribution in [0.4, 0.5) is 11.4 Å². The summed E-state index contributed by atoms with van der Waals surface area (Å²) < 4.78 is 35.9. The zero-order chi connectivity index (χ0) is 26.3. The molecule has 0 saturated heterocycles. The van der Waals surface area contributed by atoms with Gasteiger partial charge in [0, 0.05) is 12.2 Å². The van der Waals surface area contributed by atoms with Gasteiger partial charge in [-0.1, -0.05) is 29.8 Å². The van der Waals surface area contributed by atoms with Crippen molar-refractivity contribution >= 4 is 44.8 Å². The van der Waals surface area contributed by atoms with Crippen molar-refractivity contribution in [3.8, 4) is 11.5 Å². The Labute approximate surface area is 214 Å². The summed E-state index contributed by atoms with van der Waals surface area (Å²) in [4.78, 5) is 25.8. The maximum Gasteiger partial charge on any atom is 0.257 e. The number of halogens is 1. The molecule has 0 fully saturated rings. The number of hydrogen-bond acceptors (Lipinski definition) is 6. The summed E-state index contributed by atoms with van der Waals surface area (Å²) in [6.45, 7) is 0.349. The molecule has 3 aromatic carbocycles. The minimum absolute atomic E-state index is 0.0500. The molecule has 36 heavy (non-hydrogen) atoms. The van der Waals surface area contributed by atoms with E-state index in [-0.39, 0.29) is 33.4 Å². The third-order valence-electron chi connectivity index (χ3n) is 5.08. The van der Waals surface area contributed by atoms with Gasteiger partial charge in [0.15, 0.2) is 11.5 Å². The molecule has 0 unspecified atom stereocenters. The van der Waals surface area contributed by atoms with Gasteiger partial charge in [0.2, 0.25) is 10.0 Å². The van der Waals surface area contributed by atoms with Gasteiger partial charge in [-0.25, -0.2) is 8.42 Å². The quantitative estimate of drug-likeness (QED) is 0.364. The number of hydrogen-bond donors (Lipinski definition) is 3. The summed E-state index contributed by atoms with van der Waals surface area (Å²) >= 11 is 6.16. The second-order valence-corrected chi connectivity index (χ2v) is 9.92. The molecule has 0 radical (unpaired) electrons. The number of rotatable bonds is 10. The highest BCUT2D eigenvalue weighted by atomic mass is 35.5. The van der Waals surface area contributed by atoms with E-state index >= 15 is 0 Å². The number of sulfonamides is 1. The van der Waals surface area contributed by atoms with Gasteiger partial charge in [0.1, 0.15) is 0 Å². The van der Waals surface area contributed by atoms with E-state index in [9.17, 15) is 18.0 Å². The van der Waals surface area contributed by atoms with E-state index in [4.69, 9.17) is 21.1 Å². The molecule has 0 atom stereocenters. The van der Waals surface area contributed by atoms with E-state index in [1.165, 1.54) is 18.2 Å². The normalized spacial score (nSPS) is 10.9. The number of carbonyl (C=O) groups excluding carboxylic acids is 2. The van der Waals surface area contributed by atoms with Crippen molar-refractivity contribution in [1.82, 2.24) is 5.32 Å². The van der Waals surface area contributed by atoms with Crippen LogP contribution in [-0.2, 0) is 16.4 Å². The Balaban J connectivity index is 1.70. The number of benzene rings is 3. The van der Waals surface area contributed by atoms with Gasteiger partial charge in [0.25, 0.3) is 11.8 Å². The number of ether oxygens (including phenoxy) is 2. The van der Waals surface area contributed by atoms with Crippen molar-refractivity contribution in [2.45, 2.75) is 6.42 Å². The zero-order valence-electron chi connectivity index (χ0n) is 19.9. The molecule has 3 aromatic rings. The molecule has 190 valence electrons. The first-order valence-corrected chi connectivity index (χ1v) is 13.0. The lowest BCUT2D eigenvalue weighted by atomic mass is 10.1. The standard InChI is InChI=1S/C25H26ClN3O6S/c1-34-22-11-8-16(14-23(22)35-2)12-13-27-24(30)18-6-4-5-7-21(18)28-25(31)19-15-17(9-10-20(19)26)29-36(3,32)33/h4-11,14-15,29H,12-13H2,1-3H3,(H,27,30)(H,28,31). The van der Waals surface area contributed by atoms with E-state index in [2.05, 4.69) is 15.4 Å². The fourth-order valence-electron chi connectivity index (χ4n) is 3.41. The van der Waals surface area contributed by atoms with Gasteiger partial charge >= 0.3 is 0 Å². The molecular formula is C25H26ClN3O6S. The minimum Gasteiger partial charge on any atom is -0.493 e. The SMILES string of the molecule is COc1ccc(CCNC(=O)c2ccccc2NC(=O)c2cc(NS(C)(=O)=O)ccc2Cl)cc1OC. The Morgan fingerprint density at radius 3 is 2.31 bits per heavy atom. The van der Waals surface area contributed by atoms with Crippen LogP contribution >= 0.6 is 11.6 Å². The fraction of sp³-hybridized carbons (Fsp3) is 0.200. The maximum absolute atomic E-state index is 12.9. The van der Waals surface area contributed by atoms with Crippen LogP contribution in [0.25, 0.3) is 0 Å². The van der Waals surface area contributed by atoms with Crippen molar-refractivity contribution in [3.05, 3.63) is 82.4 Å². The van der Waals surface area contributed by atoms with Crippen molar-refractivity contribution < 1.29 is 27.5 Å². The monoisotopic (exact) mass is 531 g/mol. The van der Waals surface area contributed by atoms with Crippen LogP contribution in [0.15, 0.2) is 60.7 Å². The molecule has 0 heterocycles. The topological polar surface area (TPSA) is 123 Å². The second kappa shape index (κ2) is 11.8. The first kappa shape index (κ1) is 26.8. The summed E-state index contributed by atoms with van der Waals surface area (Å²) in [5.74, 6) is 0.254. The Hall–Kier alpha value is -3.76. The van der Waals surface area contributed by atoms with E-state index in [1.54, 1.807) is 44.6 Å².